The van der Waals surface area contributed by atoms with Crippen LogP contribution in [0.4, 0.5) is 0 Å². The number of carbonyl (C=O) groups is 1. The first-order valence-corrected chi connectivity index (χ1v) is 7.49. The number of aryl methyl sites for hydroxylation is 1. The lowest BCUT2D eigenvalue weighted by molar-refractivity contribution is -0.144. The molecule has 5 heteroatoms. The Morgan fingerprint density at radius 3 is 3.00 bits per heavy atom. The number of rotatable bonds is 4. The van der Waals surface area contributed by atoms with E-state index in [0.717, 1.165) is 23.3 Å². The van der Waals surface area contributed by atoms with Crippen molar-refractivity contribution in [1.29, 1.82) is 0 Å². The third-order valence-corrected chi connectivity index (χ3v) is 4.55. The van der Waals surface area contributed by atoms with Gasteiger partial charge in [0.1, 0.15) is 11.4 Å². The van der Waals surface area contributed by atoms with Gasteiger partial charge in [0.15, 0.2) is 0 Å². The zero-order valence-electron chi connectivity index (χ0n) is 12.5. The van der Waals surface area contributed by atoms with E-state index in [1.54, 1.807) is 0 Å². The fourth-order valence-corrected chi connectivity index (χ4v) is 3.63. The predicted molar refractivity (Wildman–Crippen MR) is 81.4 cm³/mol. The summed E-state index contributed by atoms with van der Waals surface area (Å²) in [5, 5.41) is 12.8. The number of para-hydroxylation sites is 2. The standard InChI is InChI=1S/C16H21N3O2/c1-3-17-16(15(20)21)9-8-12(10-16)19-11(2)18-13-6-4-5-7-14(13)19/h4-7,12,17H,3,8-10H2,1-2H3,(H,20,21). The molecule has 1 aliphatic rings. The number of nitrogens with zero attached hydrogens (tertiary/aromatic N) is 2. The summed E-state index contributed by atoms with van der Waals surface area (Å²) in [4.78, 5) is 16.3. The molecule has 21 heavy (non-hydrogen) atoms. The molecule has 1 aromatic carbocycles. The molecule has 5 nitrogen and oxygen atoms in total. The molecule has 112 valence electrons. The van der Waals surface area contributed by atoms with Crippen molar-refractivity contribution in [2.45, 2.75) is 44.7 Å². The number of likely N-dealkylation sites (N-methyl/N-ethyl adjacent to an activating group) is 1. The van der Waals surface area contributed by atoms with Gasteiger partial charge in [-0.1, -0.05) is 19.1 Å². The minimum absolute atomic E-state index is 0.188. The van der Waals surface area contributed by atoms with Crippen LogP contribution in [0.5, 0.6) is 0 Å². The predicted octanol–water partition coefficient (Wildman–Crippen LogP) is 2.50. The number of benzene rings is 1. The second-order valence-corrected chi connectivity index (χ2v) is 5.83. The van der Waals surface area contributed by atoms with Crippen LogP contribution in [0.1, 0.15) is 38.1 Å². The molecule has 0 bridgehead atoms. The van der Waals surface area contributed by atoms with E-state index in [9.17, 15) is 9.90 Å². The van der Waals surface area contributed by atoms with Crippen molar-refractivity contribution in [1.82, 2.24) is 14.9 Å². The third kappa shape index (κ3) is 2.21. The number of aromatic nitrogens is 2. The van der Waals surface area contributed by atoms with E-state index in [1.165, 1.54) is 0 Å². The molecule has 0 amide bonds. The van der Waals surface area contributed by atoms with Crippen molar-refractivity contribution in [3.8, 4) is 0 Å². The van der Waals surface area contributed by atoms with Gasteiger partial charge in [-0.3, -0.25) is 4.79 Å². The Hall–Kier alpha value is -1.88. The summed E-state index contributed by atoms with van der Waals surface area (Å²) < 4.78 is 2.21. The number of carboxylic acids is 1. The zero-order valence-corrected chi connectivity index (χ0v) is 12.5. The van der Waals surface area contributed by atoms with E-state index in [-0.39, 0.29) is 6.04 Å². The molecular weight excluding hydrogens is 266 g/mol. The molecule has 2 atom stereocenters. The van der Waals surface area contributed by atoms with Gasteiger partial charge in [0, 0.05) is 6.04 Å². The molecule has 0 spiro atoms. The third-order valence-electron chi connectivity index (χ3n) is 4.55. The summed E-state index contributed by atoms with van der Waals surface area (Å²) in [7, 11) is 0. The van der Waals surface area contributed by atoms with Crippen molar-refractivity contribution in [3.63, 3.8) is 0 Å². The van der Waals surface area contributed by atoms with Gasteiger partial charge < -0.3 is 15.0 Å². The van der Waals surface area contributed by atoms with Crippen LogP contribution in [0.15, 0.2) is 24.3 Å². The molecular formula is C16H21N3O2. The highest BCUT2D eigenvalue weighted by Gasteiger charge is 2.45. The van der Waals surface area contributed by atoms with Crippen molar-refractivity contribution < 1.29 is 9.90 Å². The SMILES string of the molecule is CCNC1(C(=O)O)CCC(n2c(C)nc3ccccc32)C1. The number of hydrogen-bond donors (Lipinski definition) is 2. The van der Waals surface area contributed by atoms with E-state index in [2.05, 4.69) is 20.9 Å². The first-order chi connectivity index (χ1) is 10.1. The molecule has 0 radical (unpaired) electrons. The van der Waals surface area contributed by atoms with E-state index in [0.29, 0.717) is 19.4 Å². The lowest BCUT2D eigenvalue weighted by atomic mass is 9.97. The van der Waals surface area contributed by atoms with Gasteiger partial charge >= 0.3 is 5.97 Å². The molecule has 2 aromatic rings. The number of nitrogens with one attached hydrogen (secondary N) is 1. The Balaban J connectivity index is 1.98. The van der Waals surface area contributed by atoms with Gasteiger partial charge in [-0.25, -0.2) is 4.98 Å². The monoisotopic (exact) mass is 287 g/mol. The maximum absolute atomic E-state index is 11.7. The normalized spacial score (nSPS) is 25.5. The van der Waals surface area contributed by atoms with Gasteiger partial charge in [0.05, 0.1) is 11.0 Å². The molecule has 3 rings (SSSR count). The van der Waals surface area contributed by atoms with Crippen molar-refractivity contribution >= 4 is 17.0 Å². The molecule has 2 unspecified atom stereocenters. The largest absolute Gasteiger partial charge is 0.480 e. The summed E-state index contributed by atoms with van der Waals surface area (Å²) in [6, 6.07) is 8.23. The molecule has 0 aliphatic heterocycles. The van der Waals surface area contributed by atoms with E-state index in [4.69, 9.17) is 0 Å². The Labute approximate surface area is 124 Å². The summed E-state index contributed by atoms with van der Waals surface area (Å²) >= 11 is 0. The minimum Gasteiger partial charge on any atom is -0.480 e. The molecule has 1 fully saturated rings. The van der Waals surface area contributed by atoms with E-state index in [1.807, 2.05) is 32.0 Å². The molecule has 1 heterocycles. The average Bonchev–Trinajstić information content (AvgIpc) is 3.00. The van der Waals surface area contributed by atoms with Crippen molar-refractivity contribution in [2.24, 2.45) is 0 Å². The number of aliphatic carboxylic acids is 1. The van der Waals surface area contributed by atoms with Crippen LogP contribution in [-0.2, 0) is 4.79 Å². The summed E-state index contributed by atoms with van der Waals surface area (Å²) in [6.07, 6.45) is 2.13. The quantitative estimate of drug-likeness (QED) is 0.906. The fraction of sp³-hybridized carbons (Fsp3) is 0.500. The molecule has 1 aliphatic carbocycles. The topological polar surface area (TPSA) is 67.2 Å². The lowest BCUT2D eigenvalue weighted by Crippen LogP contribution is -2.50. The number of fused-ring (bicyclic) bond motifs is 1. The smallest absolute Gasteiger partial charge is 0.323 e. The van der Waals surface area contributed by atoms with Crippen LogP contribution < -0.4 is 5.32 Å². The van der Waals surface area contributed by atoms with Crippen LogP contribution in [-0.4, -0.2) is 32.7 Å². The number of carboxylic acid groups (broad SMARTS) is 1. The first kappa shape index (κ1) is 14.1. The van der Waals surface area contributed by atoms with E-state index >= 15 is 0 Å². The van der Waals surface area contributed by atoms with Gasteiger partial charge in [-0.05, 0) is 44.9 Å². The van der Waals surface area contributed by atoms with Crippen LogP contribution in [0.2, 0.25) is 0 Å². The fourth-order valence-electron chi connectivity index (χ4n) is 3.63. The maximum atomic E-state index is 11.7. The zero-order chi connectivity index (χ0) is 15.0. The molecule has 1 aromatic heterocycles. The highest BCUT2D eigenvalue weighted by Crippen LogP contribution is 2.40. The van der Waals surface area contributed by atoms with Crippen LogP contribution >= 0.6 is 0 Å². The van der Waals surface area contributed by atoms with Gasteiger partial charge in [0.25, 0.3) is 0 Å². The van der Waals surface area contributed by atoms with Crippen LogP contribution in [0.3, 0.4) is 0 Å². The summed E-state index contributed by atoms with van der Waals surface area (Å²) in [5.74, 6) is 0.216. The highest BCUT2D eigenvalue weighted by atomic mass is 16.4. The highest BCUT2D eigenvalue weighted by molar-refractivity contribution is 5.80. The summed E-state index contributed by atoms with van der Waals surface area (Å²) in [6.45, 7) is 4.62. The Bertz CT molecular complexity index is 679. The Morgan fingerprint density at radius 1 is 1.52 bits per heavy atom. The van der Waals surface area contributed by atoms with Gasteiger partial charge in [0.2, 0.25) is 0 Å². The van der Waals surface area contributed by atoms with Crippen LogP contribution in [0, 0.1) is 6.92 Å². The Morgan fingerprint density at radius 2 is 2.29 bits per heavy atom. The second kappa shape index (κ2) is 5.15. The van der Waals surface area contributed by atoms with Gasteiger partial charge in [-0.2, -0.15) is 0 Å². The number of imidazole rings is 1. The first-order valence-electron chi connectivity index (χ1n) is 7.49. The van der Waals surface area contributed by atoms with Crippen molar-refractivity contribution in [2.75, 3.05) is 6.54 Å². The lowest BCUT2D eigenvalue weighted by Gasteiger charge is -2.25. The molecule has 2 N–H and O–H groups in total. The van der Waals surface area contributed by atoms with Crippen molar-refractivity contribution in [3.05, 3.63) is 30.1 Å². The molecule has 0 saturated heterocycles. The minimum atomic E-state index is -0.794. The van der Waals surface area contributed by atoms with E-state index < -0.39 is 11.5 Å². The Kier molecular flexibility index (Phi) is 3.45. The summed E-state index contributed by atoms with van der Waals surface area (Å²) in [5.41, 5.74) is 1.28. The maximum Gasteiger partial charge on any atom is 0.323 e. The second-order valence-electron chi connectivity index (χ2n) is 5.83. The van der Waals surface area contributed by atoms with Gasteiger partial charge in [-0.15, -0.1) is 0 Å². The average molecular weight is 287 g/mol. The number of hydrogen-bond acceptors (Lipinski definition) is 3. The molecule has 1 saturated carbocycles. The van der Waals surface area contributed by atoms with Crippen LogP contribution in [0.25, 0.3) is 11.0 Å².